The Morgan fingerprint density at radius 3 is 2.47 bits per heavy atom. The number of nitrogens with one attached hydrogen (secondary N) is 1. The standard InChI is InChI=1S/C20H26N2O7S/c1-5-30(25,26)22-10-8-20(9-11-22)17(13(2)19(24)29-20)18(23)21-15-7-6-14(27-3)12-16(15)28-4/h6-7,12H,5,8-11H2,1-4H3,(H,21,23). The molecule has 0 aromatic heterocycles. The van der Waals surface area contributed by atoms with E-state index in [0.29, 0.717) is 17.2 Å². The molecule has 1 spiro atoms. The Bertz CT molecular complexity index is 992. The number of rotatable bonds is 6. The van der Waals surface area contributed by atoms with E-state index in [-0.39, 0.29) is 42.8 Å². The average Bonchev–Trinajstić information content (AvgIpc) is 2.97. The van der Waals surface area contributed by atoms with Crippen LogP contribution in [0.1, 0.15) is 26.7 Å². The van der Waals surface area contributed by atoms with Crippen molar-refractivity contribution < 1.29 is 32.2 Å². The molecule has 1 fully saturated rings. The SMILES string of the molecule is CCS(=O)(=O)N1CCC2(CC1)OC(=O)C(C)=C2C(=O)Nc1ccc(OC)cc1OC. The Morgan fingerprint density at radius 1 is 1.23 bits per heavy atom. The van der Waals surface area contributed by atoms with Crippen molar-refractivity contribution in [2.24, 2.45) is 0 Å². The van der Waals surface area contributed by atoms with Crippen LogP contribution in [0.15, 0.2) is 29.3 Å². The number of amides is 1. The zero-order valence-corrected chi connectivity index (χ0v) is 18.3. The van der Waals surface area contributed by atoms with Crippen LogP contribution in [-0.4, -0.2) is 63.3 Å². The Balaban J connectivity index is 1.86. The normalized spacial score (nSPS) is 19.0. The number of hydrogen-bond acceptors (Lipinski definition) is 7. The first kappa shape index (κ1) is 22.1. The molecule has 30 heavy (non-hydrogen) atoms. The molecule has 10 heteroatoms. The summed E-state index contributed by atoms with van der Waals surface area (Å²) >= 11 is 0. The van der Waals surface area contributed by atoms with Crippen molar-refractivity contribution in [3.8, 4) is 11.5 Å². The Kier molecular flexibility index (Phi) is 6.09. The van der Waals surface area contributed by atoms with E-state index in [2.05, 4.69) is 5.32 Å². The van der Waals surface area contributed by atoms with E-state index in [4.69, 9.17) is 14.2 Å². The van der Waals surface area contributed by atoms with Crippen LogP contribution in [0.4, 0.5) is 5.69 Å². The van der Waals surface area contributed by atoms with Crippen LogP contribution < -0.4 is 14.8 Å². The number of carbonyl (C=O) groups is 2. The van der Waals surface area contributed by atoms with Gasteiger partial charge in [-0.1, -0.05) is 0 Å². The molecular formula is C20H26N2O7S. The van der Waals surface area contributed by atoms with Crippen LogP contribution in [0.3, 0.4) is 0 Å². The van der Waals surface area contributed by atoms with Crippen LogP contribution >= 0.6 is 0 Å². The van der Waals surface area contributed by atoms with Gasteiger partial charge in [-0.25, -0.2) is 17.5 Å². The zero-order valence-electron chi connectivity index (χ0n) is 17.5. The average molecular weight is 439 g/mol. The summed E-state index contributed by atoms with van der Waals surface area (Å²) < 4.78 is 41.8. The predicted octanol–water partition coefficient (Wildman–Crippen LogP) is 1.70. The monoisotopic (exact) mass is 438 g/mol. The number of carbonyl (C=O) groups excluding carboxylic acids is 2. The number of ether oxygens (including phenoxy) is 3. The van der Waals surface area contributed by atoms with Gasteiger partial charge in [-0.05, 0) is 26.0 Å². The second-order valence-corrected chi connectivity index (χ2v) is 9.46. The number of hydrogen-bond donors (Lipinski definition) is 1. The van der Waals surface area contributed by atoms with Crippen molar-refractivity contribution in [2.45, 2.75) is 32.3 Å². The Labute approximate surface area is 176 Å². The molecule has 0 saturated carbocycles. The van der Waals surface area contributed by atoms with Crippen molar-refractivity contribution in [3.63, 3.8) is 0 Å². The summed E-state index contributed by atoms with van der Waals surface area (Å²) in [5, 5.41) is 2.79. The number of methoxy groups -OCH3 is 2. The maximum Gasteiger partial charge on any atom is 0.335 e. The highest BCUT2D eigenvalue weighted by Crippen LogP contribution is 2.42. The minimum absolute atomic E-state index is 0.000732. The summed E-state index contributed by atoms with van der Waals surface area (Å²) in [6.07, 6.45) is 0.440. The van der Waals surface area contributed by atoms with Crippen LogP contribution in [0.5, 0.6) is 11.5 Å². The van der Waals surface area contributed by atoms with E-state index >= 15 is 0 Å². The summed E-state index contributed by atoms with van der Waals surface area (Å²) in [5.74, 6) is -0.0637. The molecule has 1 aromatic carbocycles. The molecule has 0 atom stereocenters. The van der Waals surface area contributed by atoms with Gasteiger partial charge in [0.25, 0.3) is 5.91 Å². The van der Waals surface area contributed by atoms with Gasteiger partial charge in [0.1, 0.15) is 17.1 Å². The van der Waals surface area contributed by atoms with Gasteiger partial charge in [0.15, 0.2) is 0 Å². The van der Waals surface area contributed by atoms with Crippen LogP contribution in [0, 0.1) is 0 Å². The third kappa shape index (κ3) is 3.89. The lowest BCUT2D eigenvalue weighted by molar-refractivity contribution is -0.149. The number of sulfonamides is 1. The molecule has 1 aromatic rings. The molecule has 9 nitrogen and oxygen atoms in total. The van der Waals surface area contributed by atoms with Gasteiger partial charge in [0.2, 0.25) is 10.0 Å². The molecule has 164 valence electrons. The van der Waals surface area contributed by atoms with E-state index in [0.717, 1.165) is 0 Å². The van der Waals surface area contributed by atoms with Gasteiger partial charge >= 0.3 is 5.97 Å². The molecule has 2 heterocycles. The molecule has 2 aliphatic rings. The van der Waals surface area contributed by atoms with E-state index in [1.54, 1.807) is 32.0 Å². The van der Waals surface area contributed by atoms with Crippen molar-refractivity contribution in [1.82, 2.24) is 4.31 Å². The topological polar surface area (TPSA) is 111 Å². The first-order valence-electron chi connectivity index (χ1n) is 9.63. The molecule has 0 aliphatic carbocycles. The molecule has 3 rings (SSSR count). The second-order valence-electron chi connectivity index (χ2n) is 7.20. The summed E-state index contributed by atoms with van der Waals surface area (Å²) in [5.41, 5.74) is -0.250. The van der Waals surface area contributed by atoms with E-state index in [1.807, 2.05) is 0 Å². The molecule has 1 N–H and O–H groups in total. The number of piperidine rings is 1. The van der Waals surface area contributed by atoms with Crippen LogP contribution in [0.2, 0.25) is 0 Å². The van der Waals surface area contributed by atoms with E-state index in [9.17, 15) is 18.0 Å². The smallest absolute Gasteiger partial charge is 0.335 e. The minimum Gasteiger partial charge on any atom is -0.497 e. The van der Waals surface area contributed by atoms with E-state index in [1.165, 1.54) is 18.5 Å². The largest absolute Gasteiger partial charge is 0.497 e. The van der Waals surface area contributed by atoms with Crippen molar-refractivity contribution >= 4 is 27.6 Å². The minimum atomic E-state index is -3.35. The summed E-state index contributed by atoms with van der Waals surface area (Å²) in [6, 6.07) is 4.96. The van der Waals surface area contributed by atoms with Crippen LogP contribution in [0.25, 0.3) is 0 Å². The Morgan fingerprint density at radius 2 is 1.90 bits per heavy atom. The van der Waals surface area contributed by atoms with Crippen molar-refractivity contribution in [3.05, 3.63) is 29.3 Å². The molecule has 1 saturated heterocycles. The van der Waals surface area contributed by atoms with Crippen LogP contribution in [-0.2, 0) is 24.3 Å². The third-order valence-corrected chi connectivity index (χ3v) is 7.48. The second kappa shape index (κ2) is 8.27. The number of benzene rings is 1. The summed E-state index contributed by atoms with van der Waals surface area (Å²) in [4.78, 5) is 25.5. The van der Waals surface area contributed by atoms with Gasteiger partial charge < -0.3 is 19.5 Å². The van der Waals surface area contributed by atoms with Crippen molar-refractivity contribution in [1.29, 1.82) is 0 Å². The highest BCUT2D eigenvalue weighted by Gasteiger charge is 2.51. The quantitative estimate of drug-likeness (QED) is 0.673. The van der Waals surface area contributed by atoms with Gasteiger partial charge in [-0.3, -0.25) is 4.79 Å². The lowest BCUT2D eigenvalue weighted by atomic mass is 9.83. The lowest BCUT2D eigenvalue weighted by Gasteiger charge is -2.38. The van der Waals surface area contributed by atoms with Gasteiger partial charge in [-0.15, -0.1) is 0 Å². The number of anilines is 1. The Hall–Kier alpha value is -2.59. The predicted molar refractivity (Wildman–Crippen MR) is 110 cm³/mol. The molecular weight excluding hydrogens is 412 g/mol. The van der Waals surface area contributed by atoms with E-state index < -0.39 is 27.5 Å². The number of esters is 1. The van der Waals surface area contributed by atoms with Gasteiger partial charge in [0, 0.05) is 37.6 Å². The molecule has 2 aliphatic heterocycles. The fourth-order valence-electron chi connectivity index (χ4n) is 3.87. The first-order chi connectivity index (χ1) is 14.2. The first-order valence-corrected chi connectivity index (χ1v) is 11.2. The third-order valence-electron chi connectivity index (χ3n) is 5.60. The fraction of sp³-hybridized carbons (Fsp3) is 0.500. The highest BCUT2D eigenvalue weighted by molar-refractivity contribution is 7.89. The fourth-order valence-corrected chi connectivity index (χ4v) is 4.98. The molecule has 0 bridgehead atoms. The van der Waals surface area contributed by atoms with Crippen molar-refractivity contribution in [2.75, 3.05) is 38.4 Å². The molecule has 0 radical (unpaired) electrons. The van der Waals surface area contributed by atoms with Gasteiger partial charge in [-0.2, -0.15) is 0 Å². The lowest BCUT2D eigenvalue weighted by Crippen LogP contribution is -2.49. The van der Waals surface area contributed by atoms with Gasteiger partial charge in [0.05, 0.1) is 31.2 Å². The number of nitrogens with zero attached hydrogens (tertiary/aromatic N) is 1. The summed E-state index contributed by atoms with van der Waals surface area (Å²) in [7, 11) is -0.349. The molecule has 0 unspecified atom stereocenters. The maximum atomic E-state index is 13.2. The zero-order chi connectivity index (χ0) is 22.1. The molecule has 1 amide bonds. The maximum absolute atomic E-state index is 13.2. The summed E-state index contributed by atoms with van der Waals surface area (Å²) in [6.45, 7) is 3.49. The highest BCUT2D eigenvalue weighted by atomic mass is 32.2.